The maximum atomic E-state index is 4.62. The number of rotatable bonds is 0. The quantitative estimate of drug-likeness (QED) is 0.150. The van der Waals surface area contributed by atoms with E-state index in [1.54, 1.807) is 0 Å². The van der Waals surface area contributed by atoms with E-state index in [0.717, 1.165) is 44.8 Å². The summed E-state index contributed by atoms with van der Waals surface area (Å²) in [6, 6.07) is 16.4. The van der Waals surface area contributed by atoms with Crippen LogP contribution in [0.4, 0.5) is 0 Å². The summed E-state index contributed by atoms with van der Waals surface area (Å²) in [4.78, 5) is 16.0. The van der Waals surface area contributed by atoms with Gasteiger partial charge in [-0.1, -0.05) is 0 Å². The van der Waals surface area contributed by atoms with E-state index in [2.05, 4.69) is 50.3 Å². The predicted molar refractivity (Wildman–Crippen MR) is 170 cm³/mol. The molecular formula is C20H20AlI4N4O. The minimum absolute atomic E-state index is 0. The van der Waals surface area contributed by atoms with E-state index in [9.17, 15) is 0 Å². The summed E-state index contributed by atoms with van der Waals surface area (Å²) < 4.78 is 0. The van der Waals surface area contributed by atoms with Gasteiger partial charge in [0.05, 0.1) is 22.8 Å². The van der Waals surface area contributed by atoms with E-state index >= 15 is 0 Å². The Balaban J connectivity index is 0. The number of aromatic nitrogens is 4. The van der Waals surface area contributed by atoms with Crippen molar-refractivity contribution in [1.82, 2.24) is 19.9 Å². The van der Waals surface area contributed by atoms with Crippen molar-refractivity contribution < 1.29 is 5.48 Å². The van der Waals surface area contributed by atoms with Crippen molar-refractivity contribution in [2.45, 2.75) is 0 Å². The van der Waals surface area contributed by atoms with Crippen LogP contribution in [0.3, 0.4) is 0 Å². The molecule has 0 spiro atoms. The number of H-pyrrole nitrogens is 2. The summed E-state index contributed by atoms with van der Waals surface area (Å²) in [5.74, 6) is 0. The zero-order valence-electron chi connectivity index (χ0n) is 15.5. The number of fused-ring (bicyclic) bond motifs is 8. The van der Waals surface area contributed by atoms with E-state index in [-0.39, 0.29) is 119 Å². The number of hydrogen-bond acceptors (Lipinski definition) is 2. The Labute approximate surface area is 253 Å². The largest absolute Gasteiger partial charge is 0.412 e. The molecule has 3 aromatic rings. The van der Waals surface area contributed by atoms with Gasteiger partial charge in [-0.15, -0.1) is 95.9 Å². The van der Waals surface area contributed by atoms with Crippen LogP contribution in [0.1, 0.15) is 22.8 Å². The average molecular weight is 867 g/mol. The van der Waals surface area contributed by atoms with Crippen LogP contribution in [-0.2, 0) is 0 Å². The molecule has 8 bridgehead atoms. The molecule has 5 heterocycles. The highest BCUT2D eigenvalue weighted by molar-refractivity contribution is 14.0. The molecule has 0 fully saturated rings. The highest BCUT2D eigenvalue weighted by atomic mass is 127. The predicted octanol–water partition coefficient (Wildman–Crippen LogP) is 5.92. The Kier molecular flexibility index (Phi) is 15.3. The molecule has 10 heteroatoms. The van der Waals surface area contributed by atoms with E-state index in [1.165, 1.54) is 0 Å². The Bertz CT molecular complexity index is 1100. The highest BCUT2D eigenvalue weighted by Gasteiger charge is 2.02. The lowest BCUT2D eigenvalue weighted by Crippen LogP contribution is -1.77. The van der Waals surface area contributed by atoms with Gasteiger partial charge in [-0.25, -0.2) is 9.97 Å². The molecule has 5 nitrogen and oxygen atoms in total. The van der Waals surface area contributed by atoms with Crippen molar-refractivity contribution in [3.05, 3.63) is 71.3 Å². The molecule has 0 unspecified atom stereocenters. The first kappa shape index (κ1) is 32.2. The Morgan fingerprint density at radius 3 is 1.13 bits per heavy atom. The summed E-state index contributed by atoms with van der Waals surface area (Å²) in [7, 11) is 0. The smallest absolute Gasteiger partial charge is 0.0659 e. The maximum Gasteiger partial charge on any atom is 0.0659 e. The van der Waals surface area contributed by atoms with E-state index in [1.807, 2.05) is 42.5 Å². The normalized spacial score (nSPS) is 10.1. The van der Waals surface area contributed by atoms with Gasteiger partial charge < -0.3 is 15.4 Å². The first-order valence-corrected chi connectivity index (χ1v) is 7.85. The van der Waals surface area contributed by atoms with Crippen molar-refractivity contribution in [2.75, 3.05) is 0 Å². The summed E-state index contributed by atoms with van der Waals surface area (Å²) in [5, 5.41) is 0. The summed E-state index contributed by atoms with van der Waals surface area (Å²) in [6.45, 7) is 0. The van der Waals surface area contributed by atoms with E-state index < -0.39 is 0 Å². The second-order valence-corrected chi connectivity index (χ2v) is 5.91. The van der Waals surface area contributed by atoms with Crippen molar-refractivity contribution in [3.63, 3.8) is 0 Å². The van der Waals surface area contributed by atoms with Gasteiger partial charge in [0.25, 0.3) is 0 Å². The fraction of sp³-hybridized carbons (Fsp3) is 0. The molecule has 4 N–H and O–H groups in total. The van der Waals surface area contributed by atoms with E-state index in [0.29, 0.717) is 0 Å². The van der Waals surface area contributed by atoms with Crippen LogP contribution >= 0.6 is 95.9 Å². The molecule has 0 aliphatic carbocycles. The van der Waals surface area contributed by atoms with Crippen LogP contribution in [0, 0.1) is 0 Å². The summed E-state index contributed by atoms with van der Waals surface area (Å²) in [5.41, 5.74) is 7.86. The minimum atomic E-state index is 0. The lowest BCUT2D eigenvalue weighted by Gasteiger charge is -1.86. The maximum absolute atomic E-state index is 4.62. The molecule has 0 aromatic carbocycles. The molecular weight excluding hydrogens is 847 g/mol. The molecule has 0 amide bonds. The molecule has 0 atom stereocenters. The van der Waals surface area contributed by atoms with Crippen molar-refractivity contribution in [2.24, 2.45) is 0 Å². The molecule has 2 aliphatic rings. The molecule has 3 radical (unpaired) electrons. The molecule has 3 aromatic heterocycles. The third kappa shape index (κ3) is 7.56. The standard InChI is InChI=1S/C20H14N4.Al.4HI.H2O/c1-2-14-10-16-5-6-18(23-16)12-20-8-7-19(24-20)11-17-4-3-15(22-17)9-13(1)21-14;;;;;;/h1-12,21-22H;;4*1H;1H2. The Morgan fingerprint density at radius 2 is 0.767 bits per heavy atom. The first-order valence-electron chi connectivity index (χ1n) is 7.85. The van der Waals surface area contributed by atoms with Crippen LogP contribution in [0.5, 0.6) is 0 Å². The van der Waals surface area contributed by atoms with Crippen LogP contribution in [-0.4, -0.2) is 42.8 Å². The summed E-state index contributed by atoms with van der Waals surface area (Å²) >= 11 is 0. The van der Waals surface area contributed by atoms with Gasteiger partial charge in [0.2, 0.25) is 0 Å². The first-order chi connectivity index (χ1) is 11.8. The van der Waals surface area contributed by atoms with Crippen LogP contribution in [0.15, 0.2) is 48.5 Å². The van der Waals surface area contributed by atoms with Gasteiger partial charge >= 0.3 is 0 Å². The molecule has 0 saturated heterocycles. The fourth-order valence-corrected chi connectivity index (χ4v) is 2.94. The van der Waals surface area contributed by atoms with Crippen LogP contribution in [0.2, 0.25) is 0 Å². The van der Waals surface area contributed by atoms with Gasteiger partial charge in [0, 0.05) is 39.4 Å². The van der Waals surface area contributed by atoms with Crippen molar-refractivity contribution in [3.8, 4) is 0 Å². The topological polar surface area (TPSA) is 88.9 Å². The number of halogens is 4. The second-order valence-electron chi connectivity index (χ2n) is 5.91. The second kappa shape index (κ2) is 14.2. The number of nitrogens with zero attached hydrogens (tertiary/aromatic N) is 2. The third-order valence-electron chi connectivity index (χ3n) is 4.04. The lowest BCUT2D eigenvalue weighted by atomic mass is 10.3. The van der Waals surface area contributed by atoms with Gasteiger partial charge in [0.1, 0.15) is 0 Å². The zero-order chi connectivity index (χ0) is 15.9. The van der Waals surface area contributed by atoms with Gasteiger partial charge in [0.15, 0.2) is 0 Å². The van der Waals surface area contributed by atoms with Crippen molar-refractivity contribution in [1.29, 1.82) is 0 Å². The molecule has 0 saturated carbocycles. The summed E-state index contributed by atoms with van der Waals surface area (Å²) in [6.07, 6.45) is 8.05. The number of nitrogens with one attached hydrogen (secondary N) is 2. The van der Waals surface area contributed by atoms with Crippen LogP contribution < -0.4 is 0 Å². The molecule has 157 valence electrons. The molecule has 30 heavy (non-hydrogen) atoms. The lowest BCUT2D eigenvalue weighted by molar-refractivity contribution is 0.824. The average Bonchev–Trinajstić information content (AvgIpc) is 3.32. The Hall–Kier alpha value is 0.0125. The monoisotopic (exact) mass is 867 g/mol. The molecule has 2 aliphatic heterocycles. The fourth-order valence-electron chi connectivity index (χ4n) is 2.94. The third-order valence-corrected chi connectivity index (χ3v) is 4.04. The van der Waals surface area contributed by atoms with Crippen molar-refractivity contribution >= 4 is 160 Å². The minimum Gasteiger partial charge on any atom is -0.412 e. The van der Waals surface area contributed by atoms with E-state index in [4.69, 9.17) is 0 Å². The molecule has 5 rings (SSSR count). The van der Waals surface area contributed by atoms with Gasteiger partial charge in [-0.2, -0.15) is 0 Å². The van der Waals surface area contributed by atoms with Gasteiger partial charge in [-0.05, 0) is 72.8 Å². The Morgan fingerprint density at radius 1 is 0.467 bits per heavy atom. The van der Waals surface area contributed by atoms with Crippen LogP contribution in [0.25, 0.3) is 46.4 Å². The van der Waals surface area contributed by atoms with Gasteiger partial charge in [-0.3, -0.25) is 0 Å². The zero-order valence-corrected chi connectivity index (χ0v) is 26.0. The number of aromatic amines is 2. The highest BCUT2D eigenvalue weighted by Crippen LogP contribution is 2.17. The SMILES string of the molecule is C1=Cc2cc3ccc(cc4ccc(cc5nc(cc1n2)C=C5)[nH]4)[nH]3.I.I.I.I.O.[Al]. The number of hydrogen-bond donors (Lipinski definition) is 2.